The molecule has 0 radical (unpaired) electrons. The molecule has 0 aromatic heterocycles. The molecule has 0 spiro atoms. The van der Waals surface area contributed by atoms with E-state index < -0.39 is 0 Å². The van der Waals surface area contributed by atoms with E-state index in [4.69, 9.17) is 14.5 Å². The van der Waals surface area contributed by atoms with E-state index in [1.807, 2.05) is 0 Å². The molecule has 1 aromatic rings. The molecule has 1 saturated heterocycles. The standard InChI is InChI=1S/C25H44N4O2/c1-5-26-25(27-14-9-7-6-8-10-15-29(3)4)28-18-23-12-11-21(2)17-24(23)31-20-22-13-16-30-19-22/h11-12,17,22H,5-10,13-16,18-20H2,1-4H3,(H2,26,27,28). The van der Waals surface area contributed by atoms with Crippen molar-refractivity contribution in [2.75, 3.05) is 53.6 Å². The minimum Gasteiger partial charge on any atom is -0.493 e. The number of aliphatic imine (C=N–C) groups is 1. The third-order valence-electron chi connectivity index (χ3n) is 5.55. The summed E-state index contributed by atoms with van der Waals surface area (Å²) in [5.41, 5.74) is 2.34. The number of nitrogens with zero attached hydrogens (tertiary/aromatic N) is 2. The third kappa shape index (κ3) is 10.9. The van der Waals surface area contributed by atoms with E-state index in [0.717, 1.165) is 50.0 Å². The van der Waals surface area contributed by atoms with Crippen molar-refractivity contribution >= 4 is 5.96 Å². The molecule has 176 valence electrons. The maximum absolute atomic E-state index is 6.16. The fourth-order valence-electron chi connectivity index (χ4n) is 3.65. The lowest BCUT2D eigenvalue weighted by Crippen LogP contribution is -2.37. The SMILES string of the molecule is CCNC(=NCc1ccc(C)cc1OCC1CCOC1)NCCCCCCCN(C)C. The maximum Gasteiger partial charge on any atom is 0.191 e. The third-order valence-corrected chi connectivity index (χ3v) is 5.55. The lowest BCUT2D eigenvalue weighted by atomic mass is 10.1. The predicted octanol–water partition coefficient (Wildman–Crippen LogP) is 3.98. The van der Waals surface area contributed by atoms with Crippen molar-refractivity contribution in [3.63, 3.8) is 0 Å². The molecule has 2 N–H and O–H groups in total. The molecule has 1 heterocycles. The highest BCUT2D eigenvalue weighted by Crippen LogP contribution is 2.23. The Bertz CT molecular complexity index is 642. The van der Waals surface area contributed by atoms with Gasteiger partial charge < -0.3 is 25.0 Å². The zero-order valence-corrected chi connectivity index (χ0v) is 20.2. The van der Waals surface area contributed by atoms with E-state index in [-0.39, 0.29) is 0 Å². The Labute approximate surface area is 189 Å². The molecular formula is C25H44N4O2. The van der Waals surface area contributed by atoms with Gasteiger partial charge in [0.05, 0.1) is 19.8 Å². The van der Waals surface area contributed by atoms with Crippen LogP contribution in [-0.2, 0) is 11.3 Å². The van der Waals surface area contributed by atoms with Crippen molar-refractivity contribution in [2.45, 2.75) is 58.9 Å². The van der Waals surface area contributed by atoms with E-state index in [1.165, 1.54) is 44.2 Å². The number of hydrogen-bond acceptors (Lipinski definition) is 4. The quantitative estimate of drug-likeness (QED) is 0.265. The fourth-order valence-corrected chi connectivity index (χ4v) is 3.65. The summed E-state index contributed by atoms with van der Waals surface area (Å²) in [7, 11) is 4.28. The second-order valence-corrected chi connectivity index (χ2v) is 8.84. The molecule has 0 aliphatic carbocycles. The Morgan fingerprint density at radius 1 is 1.16 bits per heavy atom. The molecule has 0 amide bonds. The molecule has 1 unspecified atom stereocenters. The predicted molar refractivity (Wildman–Crippen MR) is 130 cm³/mol. The van der Waals surface area contributed by atoms with Crippen LogP contribution in [0.3, 0.4) is 0 Å². The Balaban J connectivity index is 1.78. The summed E-state index contributed by atoms with van der Waals surface area (Å²) in [4.78, 5) is 7.06. The van der Waals surface area contributed by atoms with E-state index in [1.54, 1.807) is 0 Å². The van der Waals surface area contributed by atoms with Crippen LogP contribution in [0.25, 0.3) is 0 Å². The van der Waals surface area contributed by atoms with Gasteiger partial charge in [-0.3, -0.25) is 0 Å². The number of benzene rings is 1. The molecule has 0 bridgehead atoms. The van der Waals surface area contributed by atoms with Crippen LogP contribution in [0.5, 0.6) is 5.75 Å². The largest absolute Gasteiger partial charge is 0.493 e. The molecule has 6 nitrogen and oxygen atoms in total. The number of hydrogen-bond donors (Lipinski definition) is 2. The summed E-state index contributed by atoms with van der Waals surface area (Å²) in [6.45, 7) is 10.2. The van der Waals surface area contributed by atoms with Gasteiger partial charge in [-0.15, -0.1) is 0 Å². The number of ether oxygens (including phenoxy) is 2. The van der Waals surface area contributed by atoms with Crippen LogP contribution in [0.1, 0.15) is 56.6 Å². The van der Waals surface area contributed by atoms with Gasteiger partial charge in [0.15, 0.2) is 5.96 Å². The minimum absolute atomic E-state index is 0.499. The number of guanidine groups is 1. The molecule has 1 aromatic carbocycles. The first kappa shape index (κ1) is 25.5. The van der Waals surface area contributed by atoms with Gasteiger partial charge in [-0.05, 0) is 65.4 Å². The van der Waals surface area contributed by atoms with Gasteiger partial charge in [-0.2, -0.15) is 0 Å². The van der Waals surface area contributed by atoms with Gasteiger partial charge in [0, 0.05) is 31.2 Å². The second kappa shape index (κ2) is 15.1. The highest BCUT2D eigenvalue weighted by atomic mass is 16.5. The molecule has 31 heavy (non-hydrogen) atoms. The van der Waals surface area contributed by atoms with Crippen molar-refractivity contribution in [3.05, 3.63) is 29.3 Å². The molecule has 1 aliphatic heterocycles. The number of rotatable bonds is 14. The van der Waals surface area contributed by atoms with Crippen molar-refractivity contribution < 1.29 is 9.47 Å². The van der Waals surface area contributed by atoms with Crippen LogP contribution in [0, 0.1) is 12.8 Å². The monoisotopic (exact) mass is 432 g/mol. The van der Waals surface area contributed by atoms with Crippen molar-refractivity contribution in [3.8, 4) is 5.75 Å². The molecule has 2 rings (SSSR count). The van der Waals surface area contributed by atoms with Crippen LogP contribution in [0.4, 0.5) is 0 Å². The van der Waals surface area contributed by atoms with Gasteiger partial charge in [-0.1, -0.05) is 31.4 Å². The van der Waals surface area contributed by atoms with Crippen LogP contribution in [0.2, 0.25) is 0 Å². The van der Waals surface area contributed by atoms with Gasteiger partial charge in [-0.25, -0.2) is 4.99 Å². The van der Waals surface area contributed by atoms with Crippen LogP contribution >= 0.6 is 0 Å². The van der Waals surface area contributed by atoms with E-state index in [2.05, 4.69) is 61.7 Å². The van der Waals surface area contributed by atoms with E-state index >= 15 is 0 Å². The summed E-state index contributed by atoms with van der Waals surface area (Å²) in [5, 5.41) is 6.84. The minimum atomic E-state index is 0.499. The first-order chi connectivity index (χ1) is 15.1. The zero-order chi connectivity index (χ0) is 22.3. The smallest absolute Gasteiger partial charge is 0.191 e. The normalized spacial score (nSPS) is 16.7. The van der Waals surface area contributed by atoms with Crippen molar-refractivity contribution in [2.24, 2.45) is 10.9 Å². The fraction of sp³-hybridized carbons (Fsp3) is 0.720. The molecule has 1 fully saturated rings. The Morgan fingerprint density at radius 3 is 2.71 bits per heavy atom. The zero-order valence-electron chi connectivity index (χ0n) is 20.2. The van der Waals surface area contributed by atoms with E-state index in [9.17, 15) is 0 Å². The Morgan fingerprint density at radius 2 is 1.97 bits per heavy atom. The number of nitrogens with one attached hydrogen (secondary N) is 2. The molecule has 0 saturated carbocycles. The Hall–Kier alpha value is -1.79. The summed E-state index contributed by atoms with van der Waals surface area (Å²) >= 11 is 0. The highest BCUT2D eigenvalue weighted by Gasteiger charge is 2.17. The molecule has 1 aliphatic rings. The molecule has 1 atom stereocenters. The second-order valence-electron chi connectivity index (χ2n) is 8.84. The first-order valence-electron chi connectivity index (χ1n) is 12.1. The van der Waals surface area contributed by atoms with Crippen molar-refractivity contribution in [1.82, 2.24) is 15.5 Å². The van der Waals surface area contributed by atoms with E-state index in [0.29, 0.717) is 19.1 Å². The Kier molecular flexibility index (Phi) is 12.4. The molecule has 6 heteroatoms. The van der Waals surface area contributed by atoms with Gasteiger partial charge in [0.1, 0.15) is 5.75 Å². The summed E-state index contributed by atoms with van der Waals surface area (Å²) < 4.78 is 11.6. The van der Waals surface area contributed by atoms with Crippen molar-refractivity contribution in [1.29, 1.82) is 0 Å². The van der Waals surface area contributed by atoms with Gasteiger partial charge in [0.25, 0.3) is 0 Å². The number of unbranched alkanes of at least 4 members (excludes halogenated alkanes) is 4. The molecular weight excluding hydrogens is 388 g/mol. The van der Waals surface area contributed by atoms with Gasteiger partial charge >= 0.3 is 0 Å². The topological polar surface area (TPSA) is 58.1 Å². The first-order valence-corrected chi connectivity index (χ1v) is 12.1. The number of aryl methyl sites for hydroxylation is 1. The van der Waals surface area contributed by atoms with Gasteiger partial charge in [0.2, 0.25) is 0 Å². The average molecular weight is 433 g/mol. The summed E-state index contributed by atoms with van der Waals surface area (Å²) in [6.07, 6.45) is 7.44. The average Bonchev–Trinajstić information content (AvgIpc) is 3.26. The van der Waals surface area contributed by atoms with Crippen LogP contribution < -0.4 is 15.4 Å². The highest BCUT2D eigenvalue weighted by molar-refractivity contribution is 5.79. The lowest BCUT2D eigenvalue weighted by Gasteiger charge is -2.15. The van der Waals surface area contributed by atoms with Crippen LogP contribution in [-0.4, -0.2) is 64.4 Å². The summed E-state index contributed by atoms with van der Waals surface area (Å²) in [5.74, 6) is 2.33. The van der Waals surface area contributed by atoms with Crippen LogP contribution in [0.15, 0.2) is 23.2 Å². The maximum atomic E-state index is 6.16. The lowest BCUT2D eigenvalue weighted by molar-refractivity contribution is 0.166. The summed E-state index contributed by atoms with van der Waals surface area (Å²) in [6, 6.07) is 6.39.